The minimum Gasteiger partial charge on any atom is -0.504 e. The number of hydrogen-bond acceptors (Lipinski definition) is 7. The van der Waals surface area contributed by atoms with E-state index in [1.54, 1.807) is 6.07 Å². The molecule has 0 aliphatic carbocycles. The number of phenolic OH excluding ortho intramolecular Hbond substituents is 1. The lowest BCUT2D eigenvalue weighted by molar-refractivity contribution is 0.0171. The van der Waals surface area contributed by atoms with Gasteiger partial charge in [0.25, 0.3) is 0 Å². The van der Waals surface area contributed by atoms with Crippen molar-refractivity contribution < 1.29 is 24.4 Å². The zero-order valence-electron chi connectivity index (χ0n) is 29.2. The lowest BCUT2D eigenvalue weighted by Gasteiger charge is -2.39. The maximum atomic E-state index is 11.1. The molecule has 8 heteroatoms. The lowest BCUT2D eigenvalue weighted by Crippen LogP contribution is -2.38. The van der Waals surface area contributed by atoms with E-state index in [1.807, 2.05) is 18.2 Å². The van der Waals surface area contributed by atoms with E-state index in [0.717, 1.165) is 71.8 Å². The summed E-state index contributed by atoms with van der Waals surface area (Å²) < 4.78 is 21.1. The number of fused-ring (bicyclic) bond motifs is 4. The van der Waals surface area contributed by atoms with Crippen LogP contribution in [0.15, 0.2) is 90.8 Å². The molecular formula is C42H51N3O5. The second kappa shape index (κ2) is 15.4. The molecule has 3 atom stereocenters. The van der Waals surface area contributed by atoms with Gasteiger partial charge in [0, 0.05) is 47.4 Å². The summed E-state index contributed by atoms with van der Waals surface area (Å²) >= 11 is 0. The zero-order valence-corrected chi connectivity index (χ0v) is 29.2. The van der Waals surface area contributed by atoms with E-state index >= 15 is 0 Å². The highest BCUT2D eigenvalue weighted by atomic mass is 16.5. The van der Waals surface area contributed by atoms with Crippen molar-refractivity contribution in [2.75, 3.05) is 19.8 Å². The average Bonchev–Trinajstić information content (AvgIpc) is 3.58. The number of aliphatic hydroxyl groups is 1. The van der Waals surface area contributed by atoms with Crippen LogP contribution in [0, 0.1) is 0 Å². The van der Waals surface area contributed by atoms with Crippen LogP contribution in [0.2, 0.25) is 0 Å². The van der Waals surface area contributed by atoms with Gasteiger partial charge in [-0.2, -0.15) is 0 Å². The van der Waals surface area contributed by atoms with Crippen LogP contribution in [-0.4, -0.2) is 53.0 Å². The number of unbranched alkanes of at least 4 members (excludes halogenated alkanes) is 2. The Morgan fingerprint density at radius 3 is 2.64 bits per heavy atom. The SMILES string of the molecule is CCCCCC1CC(O)CCc2ccc(O)c(c2)OCc2cc(C3(c4ccccc4)CCOCC3)cc3cn(cc23)C2=C(C=CC(N)N2)CO1. The summed E-state index contributed by atoms with van der Waals surface area (Å²) in [6.07, 6.45) is 15.2. The van der Waals surface area contributed by atoms with Crippen LogP contribution >= 0.6 is 0 Å². The first-order chi connectivity index (χ1) is 24.4. The summed E-state index contributed by atoms with van der Waals surface area (Å²) in [7, 11) is 0. The summed E-state index contributed by atoms with van der Waals surface area (Å²) in [5.74, 6) is 1.42. The number of benzene rings is 3. The van der Waals surface area contributed by atoms with E-state index in [1.165, 1.54) is 11.1 Å². The van der Waals surface area contributed by atoms with Crippen molar-refractivity contribution >= 4 is 16.6 Å². The molecule has 0 amide bonds. The maximum absolute atomic E-state index is 11.1. The van der Waals surface area contributed by atoms with Crippen molar-refractivity contribution in [3.05, 3.63) is 113 Å². The Morgan fingerprint density at radius 2 is 1.82 bits per heavy atom. The fourth-order valence-electron chi connectivity index (χ4n) is 7.87. The lowest BCUT2D eigenvalue weighted by atomic mass is 9.68. The second-order valence-corrected chi connectivity index (χ2v) is 14.2. The number of nitrogens with one attached hydrogen (secondary N) is 1. The number of rotatable bonds is 6. The van der Waals surface area contributed by atoms with Crippen LogP contribution in [0.3, 0.4) is 0 Å². The Labute approximate surface area is 295 Å². The van der Waals surface area contributed by atoms with Gasteiger partial charge in [-0.15, -0.1) is 0 Å². The molecule has 264 valence electrons. The number of hydrogen-bond donors (Lipinski definition) is 4. The van der Waals surface area contributed by atoms with Gasteiger partial charge in [0.2, 0.25) is 0 Å². The summed E-state index contributed by atoms with van der Waals surface area (Å²) in [6, 6.07) is 20.9. The Bertz CT molecular complexity index is 1820. The third-order valence-corrected chi connectivity index (χ3v) is 10.8. The first-order valence-corrected chi connectivity index (χ1v) is 18.4. The minimum absolute atomic E-state index is 0.0709. The molecule has 3 aliphatic heterocycles. The Hall–Kier alpha value is -4.08. The predicted molar refractivity (Wildman–Crippen MR) is 198 cm³/mol. The summed E-state index contributed by atoms with van der Waals surface area (Å²) in [5.41, 5.74) is 11.8. The van der Waals surface area contributed by atoms with E-state index in [4.69, 9.17) is 19.9 Å². The highest BCUT2D eigenvalue weighted by Gasteiger charge is 2.37. The number of ether oxygens (including phenoxy) is 3. The van der Waals surface area contributed by atoms with Crippen molar-refractivity contribution in [3.63, 3.8) is 0 Å². The molecule has 1 fully saturated rings. The normalized spacial score (nSPS) is 22.7. The zero-order chi connectivity index (χ0) is 34.5. The van der Waals surface area contributed by atoms with E-state index in [-0.39, 0.29) is 30.0 Å². The van der Waals surface area contributed by atoms with Crippen molar-refractivity contribution in [2.24, 2.45) is 5.73 Å². The molecule has 4 heterocycles. The molecule has 1 saturated heterocycles. The first-order valence-electron chi connectivity index (χ1n) is 18.4. The molecule has 3 aromatic carbocycles. The van der Waals surface area contributed by atoms with Gasteiger partial charge in [-0.25, -0.2) is 0 Å². The van der Waals surface area contributed by atoms with E-state index in [0.29, 0.717) is 44.8 Å². The van der Waals surface area contributed by atoms with Crippen LogP contribution in [0.1, 0.15) is 80.5 Å². The van der Waals surface area contributed by atoms with E-state index in [2.05, 4.69) is 77.7 Å². The number of aromatic hydroxyl groups is 1. The van der Waals surface area contributed by atoms with Gasteiger partial charge in [0.05, 0.1) is 25.0 Å². The summed E-state index contributed by atoms with van der Waals surface area (Å²) in [4.78, 5) is 0. The van der Waals surface area contributed by atoms with E-state index < -0.39 is 6.10 Å². The third kappa shape index (κ3) is 7.49. The third-order valence-electron chi connectivity index (χ3n) is 10.8. The number of aliphatic hydroxyl groups excluding tert-OH is 1. The molecule has 5 N–H and O–H groups in total. The molecule has 0 radical (unpaired) electrons. The number of aromatic nitrogens is 1. The molecule has 3 unspecified atom stereocenters. The van der Waals surface area contributed by atoms with Crippen molar-refractivity contribution in [1.82, 2.24) is 9.88 Å². The summed E-state index contributed by atoms with van der Waals surface area (Å²) in [5, 5.41) is 27.7. The molecule has 4 bridgehead atoms. The van der Waals surface area contributed by atoms with Crippen LogP contribution in [-0.2, 0) is 27.9 Å². The predicted octanol–water partition coefficient (Wildman–Crippen LogP) is 7.30. The van der Waals surface area contributed by atoms with Gasteiger partial charge >= 0.3 is 0 Å². The van der Waals surface area contributed by atoms with Crippen LogP contribution in [0.25, 0.3) is 16.6 Å². The van der Waals surface area contributed by atoms with Crippen molar-refractivity contribution in [3.8, 4) is 11.5 Å². The second-order valence-electron chi connectivity index (χ2n) is 14.2. The number of nitrogens with zero attached hydrogens (tertiary/aromatic N) is 1. The monoisotopic (exact) mass is 677 g/mol. The summed E-state index contributed by atoms with van der Waals surface area (Å²) in [6.45, 7) is 4.27. The largest absolute Gasteiger partial charge is 0.504 e. The van der Waals surface area contributed by atoms with Crippen molar-refractivity contribution in [1.29, 1.82) is 0 Å². The highest BCUT2D eigenvalue weighted by molar-refractivity contribution is 5.88. The van der Waals surface area contributed by atoms with Crippen LogP contribution in [0.4, 0.5) is 0 Å². The topological polar surface area (TPSA) is 111 Å². The smallest absolute Gasteiger partial charge is 0.161 e. The number of aryl methyl sites for hydroxylation is 1. The number of phenols is 1. The molecule has 8 nitrogen and oxygen atoms in total. The Morgan fingerprint density at radius 1 is 0.980 bits per heavy atom. The van der Waals surface area contributed by atoms with Gasteiger partial charge in [-0.05, 0) is 85.1 Å². The molecule has 7 rings (SSSR count). The molecule has 50 heavy (non-hydrogen) atoms. The molecule has 0 saturated carbocycles. The van der Waals surface area contributed by atoms with Gasteiger partial charge in [-0.3, -0.25) is 0 Å². The molecular weight excluding hydrogens is 626 g/mol. The Balaban J connectivity index is 1.35. The quantitative estimate of drug-likeness (QED) is 0.159. The number of dihydropyridines is 1. The van der Waals surface area contributed by atoms with Crippen molar-refractivity contribution in [2.45, 2.75) is 95.1 Å². The van der Waals surface area contributed by atoms with Gasteiger partial charge in [0.15, 0.2) is 11.5 Å². The standard InChI is InChI=1S/C42H51N3O5/c1-2-3-5-10-36-24-35(46)14-11-29-12-15-38(47)39(21-29)50-28-32-23-34(42(17-19-48-20-18-42)33-8-6-4-7-9-33)22-31-25-45(26-37(31)32)41-30(27-49-36)13-16-40(43)44-41/h4,6-9,12-13,15-16,21-23,25-26,35-36,40,44,46-47H,2-3,5,10-11,14,17-20,24,27-28,43H2,1H3. The number of nitrogens with two attached hydrogens (primary N) is 1. The fraction of sp³-hybridized carbons (Fsp3) is 0.429. The minimum atomic E-state index is -0.509. The Kier molecular flexibility index (Phi) is 10.6. The van der Waals surface area contributed by atoms with Crippen LogP contribution in [0.5, 0.6) is 11.5 Å². The van der Waals surface area contributed by atoms with Gasteiger partial charge in [0.1, 0.15) is 12.4 Å². The fourth-order valence-corrected chi connectivity index (χ4v) is 7.87. The maximum Gasteiger partial charge on any atom is 0.161 e. The first kappa shape index (κ1) is 34.4. The average molecular weight is 678 g/mol. The molecule has 4 aromatic rings. The molecule has 0 spiro atoms. The highest BCUT2D eigenvalue weighted by Crippen LogP contribution is 2.43. The van der Waals surface area contributed by atoms with Gasteiger partial charge in [-0.1, -0.05) is 74.7 Å². The molecule has 1 aromatic heterocycles. The molecule has 3 aliphatic rings. The van der Waals surface area contributed by atoms with E-state index in [9.17, 15) is 10.2 Å². The van der Waals surface area contributed by atoms with Gasteiger partial charge < -0.3 is 40.0 Å². The van der Waals surface area contributed by atoms with Crippen LogP contribution < -0.4 is 15.8 Å².